The minimum absolute atomic E-state index is 0.0405. The SMILES string of the molecule is Cc1c(C(=O)Nc2ccccc2Sc2nncs2)oc2c1C(=O)CC(C)(C)C2. The summed E-state index contributed by atoms with van der Waals surface area (Å²) in [7, 11) is 0. The van der Waals surface area contributed by atoms with Crippen molar-refractivity contribution in [1.29, 1.82) is 0 Å². The second-order valence-corrected chi connectivity index (χ2v) is 9.67. The summed E-state index contributed by atoms with van der Waals surface area (Å²) >= 11 is 2.87. The highest BCUT2D eigenvalue weighted by atomic mass is 32.2. The number of amides is 1. The Bertz CT molecular complexity index is 1050. The summed E-state index contributed by atoms with van der Waals surface area (Å²) < 4.78 is 6.65. The Kier molecular flexibility index (Phi) is 4.84. The van der Waals surface area contributed by atoms with Crippen molar-refractivity contribution in [3.8, 4) is 0 Å². The van der Waals surface area contributed by atoms with E-state index < -0.39 is 0 Å². The summed E-state index contributed by atoms with van der Waals surface area (Å²) in [6.45, 7) is 5.84. The molecule has 2 heterocycles. The quantitative estimate of drug-likeness (QED) is 0.648. The molecular formula is C20H19N3O3S2. The van der Waals surface area contributed by atoms with Crippen molar-refractivity contribution in [3.05, 3.63) is 52.4 Å². The van der Waals surface area contributed by atoms with Gasteiger partial charge < -0.3 is 9.73 Å². The van der Waals surface area contributed by atoms with E-state index in [4.69, 9.17) is 4.42 Å². The number of rotatable bonds is 4. The first-order valence-corrected chi connectivity index (χ1v) is 10.5. The van der Waals surface area contributed by atoms with E-state index in [1.54, 1.807) is 12.4 Å². The fourth-order valence-corrected chi connectivity index (χ4v) is 4.96. The number of carbonyl (C=O) groups excluding carboxylic acids is 2. The van der Waals surface area contributed by atoms with E-state index in [9.17, 15) is 9.59 Å². The lowest BCUT2D eigenvalue weighted by Gasteiger charge is -2.27. The van der Waals surface area contributed by atoms with Crippen LogP contribution in [-0.4, -0.2) is 21.9 Å². The molecule has 1 aromatic carbocycles. The van der Waals surface area contributed by atoms with Crippen molar-refractivity contribution in [2.24, 2.45) is 5.41 Å². The average Bonchev–Trinajstić information content (AvgIpc) is 3.23. The zero-order chi connectivity index (χ0) is 19.9. The van der Waals surface area contributed by atoms with Gasteiger partial charge in [-0.1, -0.05) is 49.1 Å². The number of aromatic nitrogens is 2. The smallest absolute Gasteiger partial charge is 0.291 e. The normalized spacial score (nSPS) is 15.3. The highest BCUT2D eigenvalue weighted by Crippen LogP contribution is 2.39. The first kappa shape index (κ1) is 18.9. The van der Waals surface area contributed by atoms with Gasteiger partial charge in [0.25, 0.3) is 5.91 Å². The van der Waals surface area contributed by atoms with Crippen LogP contribution < -0.4 is 5.32 Å². The summed E-state index contributed by atoms with van der Waals surface area (Å²) in [5.41, 5.74) is 3.35. The van der Waals surface area contributed by atoms with Crippen LogP contribution in [0.2, 0.25) is 0 Å². The number of para-hydroxylation sites is 1. The van der Waals surface area contributed by atoms with E-state index in [2.05, 4.69) is 15.5 Å². The number of ketones is 1. The van der Waals surface area contributed by atoms with Gasteiger partial charge in [-0.2, -0.15) is 0 Å². The standard InChI is InChI=1S/C20H19N3O3S2/c1-11-16-13(24)8-20(2,3)9-14(16)26-17(11)18(25)22-12-6-4-5-7-15(12)28-19-23-21-10-27-19/h4-7,10H,8-9H2,1-3H3,(H,22,25). The Morgan fingerprint density at radius 1 is 1.29 bits per heavy atom. The predicted molar refractivity (Wildman–Crippen MR) is 108 cm³/mol. The van der Waals surface area contributed by atoms with Crippen LogP contribution in [0.25, 0.3) is 0 Å². The minimum Gasteiger partial charge on any atom is -0.455 e. The molecule has 8 heteroatoms. The molecule has 2 aromatic heterocycles. The van der Waals surface area contributed by atoms with Gasteiger partial charge in [-0.3, -0.25) is 9.59 Å². The van der Waals surface area contributed by atoms with Crippen molar-refractivity contribution in [2.75, 3.05) is 5.32 Å². The molecule has 1 amide bonds. The van der Waals surface area contributed by atoms with Gasteiger partial charge in [0.05, 0.1) is 11.3 Å². The zero-order valence-electron chi connectivity index (χ0n) is 15.7. The number of nitrogens with one attached hydrogen (secondary N) is 1. The van der Waals surface area contributed by atoms with Gasteiger partial charge in [0, 0.05) is 23.3 Å². The summed E-state index contributed by atoms with van der Waals surface area (Å²) in [5.74, 6) is 0.494. The summed E-state index contributed by atoms with van der Waals surface area (Å²) in [4.78, 5) is 26.3. The Morgan fingerprint density at radius 3 is 2.82 bits per heavy atom. The molecule has 0 saturated heterocycles. The van der Waals surface area contributed by atoms with Gasteiger partial charge in [-0.15, -0.1) is 10.2 Å². The van der Waals surface area contributed by atoms with Gasteiger partial charge in [0.2, 0.25) is 0 Å². The lowest BCUT2D eigenvalue weighted by Crippen LogP contribution is -2.26. The Morgan fingerprint density at radius 2 is 2.07 bits per heavy atom. The molecule has 4 rings (SSSR count). The van der Waals surface area contributed by atoms with Crippen LogP contribution in [0.15, 0.2) is 43.4 Å². The molecule has 144 valence electrons. The molecule has 28 heavy (non-hydrogen) atoms. The van der Waals surface area contributed by atoms with Crippen molar-refractivity contribution >= 4 is 40.5 Å². The molecule has 6 nitrogen and oxygen atoms in total. The monoisotopic (exact) mass is 413 g/mol. The van der Waals surface area contributed by atoms with Crippen LogP contribution >= 0.6 is 23.1 Å². The third-order valence-electron chi connectivity index (χ3n) is 4.66. The number of carbonyl (C=O) groups is 2. The van der Waals surface area contributed by atoms with Crippen LogP contribution in [0.3, 0.4) is 0 Å². The topological polar surface area (TPSA) is 85.1 Å². The van der Waals surface area contributed by atoms with Gasteiger partial charge in [0.1, 0.15) is 11.3 Å². The maximum Gasteiger partial charge on any atom is 0.291 e. The second kappa shape index (κ2) is 7.18. The van der Waals surface area contributed by atoms with E-state index in [0.29, 0.717) is 35.4 Å². The number of hydrogen-bond donors (Lipinski definition) is 1. The second-order valence-electron chi connectivity index (χ2n) is 7.55. The summed E-state index contributed by atoms with van der Waals surface area (Å²) in [6, 6.07) is 7.49. The number of Topliss-reactive ketones (excluding diaryl/α,β-unsaturated/α-hetero) is 1. The number of fused-ring (bicyclic) bond motifs is 1. The Hall–Kier alpha value is -2.45. The molecule has 0 spiro atoms. The molecule has 0 atom stereocenters. The molecule has 3 aromatic rings. The molecule has 1 aliphatic rings. The Labute approximate surface area is 170 Å². The van der Waals surface area contributed by atoms with Gasteiger partial charge in [-0.05, 0) is 24.5 Å². The van der Waals surface area contributed by atoms with Crippen LogP contribution in [0.4, 0.5) is 5.69 Å². The maximum atomic E-state index is 12.9. The van der Waals surface area contributed by atoms with Crippen LogP contribution in [0, 0.1) is 12.3 Å². The highest BCUT2D eigenvalue weighted by Gasteiger charge is 2.37. The molecule has 0 fully saturated rings. The van der Waals surface area contributed by atoms with E-state index in [-0.39, 0.29) is 22.9 Å². The first-order valence-electron chi connectivity index (χ1n) is 8.84. The van der Waals surface area contributed by atoms with Crippen molar-refractivity contribution in [2.45, 2.75) is 42.8 Å². The number of furan rings is 1. The number of anilines is 1. The molecule has 0 bridgehead atoms. The fraction of sp³-hybridized carbons (Fsp3) is 0.300. The average molecular weight is 414 g/mol. The minimum atomic E-state index is -0.359. The highest BCUT2D eigenvalue weighted by molar-refractivity contribution is 8.01. The number of nitrogens with zero attached hydrogens (tertiary/aromatic N) is 2. The molecule has 0 radical (unpaired) electrons. The lowest BCUT2D eigenvalue weighted by molar-refractivity contribution is 0.0898. The molecule has 0 aliphatic heterocycles. The molecular weight excluding hydrogens is 394 g/mol. The van der Waals surface area contributed by atoms with Gasteiger partial charge in [0.15, 0.2) is 15.9 Å². The van der Waals surface area contributed by atoms with Crippen molar-refractivity contribution in [3.63, 3.8) is 0 Å². The third kappa shape index (κ3) is 3.62. The molecule has 0 saturated carbocycles. The van der Waals surface area contributed by atoms with Crippen molar-refractivity contribution < 1.29 is 14.0 Å². The Balaban J connectivity index is 1.62. The maximum absolute atomic E-state index is 12.9. The summed E-state index contributed by atoms with van der Waals surface area (Å²) in [6.07, 6.45) is 1.11. The fourth-order valence-electron chi connectivity index (χ4n) is 3.44. The number of benzene rings is 1. The molecule has 0 unspecified atom stereocenters. The van der Waals surface area contributed by atoms with Crippen LogP contribution in [-0.2, 0) is 6.42 Å². The van der Waals surface area contributed by atoms with Crippen LogP contribution in [0.5, 0.6) is 0 Å². The van der Waals surface area contributed by atoms with Crippen LogP contribution in [0.1, 0.15) is 52.5 Å². The molecule has 1 aliphatic carbocycles. The lowest BCUT2D eigenvalue weighted by atomic mass is 9.76. The third-order valence-corrected chi connectivity index (χ3v) is 6.51. The summed E-state index contributed by atoms with van der Waals surface area (Å²) in [5, 5.41) is 10.8. The van der Waals surface area contributed by atoms with Gasteiger partial charge in [-0.25, -0.2) is 0 Å². The van der Waals surface area contributed by atoms with E-state index in [0.717, 1.165) is 9.24 Å². The first-order chi connectivity index (χ1) is 13.3. The molecule has 1 N–H and O–H groups in total. The van der Waals surface area contributed by atoms with Gasteiger partial charge >= 0.3 is 0 Å². The van der Waals surface area contributed by atoms with E-state index in [1.807, 2.05) is 38.1 Å². The zero-order valence-corrected chi connectivity index (χ0v) is 17.4. The number of hydrogen-bond acceptors (Lipinski definition) is 7. The van der Waals surface area contributed by atoms with E-state index >= 15 is 0 Å². The van der Waals surface area contributed by atoms with E-state index in [1.165, 1.54) is 23.1 Å². The largest absolute Gasteiger partial charge is 0.455 e. The predicted octanol–water partition coefficient (Wildman–Crippen LogP) is 5.00. The van der Waals surface area contributed by atoms with Crippen molar-refractivity contribution in [1.82, 2.24) is 10.2 Å².